The van der Waals surface area contributed by atoms with Gasteiger partial charge in [-0.15, -0.1) is 16.4 Å². The van der Waals surface area contributed by atoms with Gasteiger partial charge in [0.1, 0.15) is 5.01 Å². The first kappa shape index (κ1) is 13.7. The Balaban J connectivity index is 2.11. The molecule has 2 rings (SSSR count). The smallest absolute Gasteiger partial charge is 0.360 e. The van der Waals surface area contributed by atoms with Gasteiger partial charge in [-0.3, -0.25) is 0 Å². The van der Waals surface area contributed by atoms with Crippen molar-refractivity contribution in [2.75, 3.05) is 7.11 Å². The highest BCUT2D eigenvalue weighted by Crippen LogP contribution is 2.24. The Morgan fingerprint density at radius 3 is 2.79 bits per heavy atom. The van der Waals surface area contributed by atoms with E-state index in [-0.39, 0.29) is 11.1 Å². The molecule has 0 aliphatic heterocycles. The molecule has 0 spiro atoms. The van der Waals surface area contributed by atoms with Crippen LogP contribution >= 0.6 is 11.3 Å². The summed E-state index contributed by atoms with van der Waals surface area (Å²) in [4.78, 5) is 15.8. The number of carbonyl (C=O) groups is 1. The molecular weight excluding hydrogens is 264 g/mol. The van der Waals surface area contributed by atoms with Gasteiger partial charge in [0.15, 0.2) is 5.69 Å². The van der Waals surface area contributed by atoms with E-state index in [2.05, 4.69) is 40.8 Å². The summed E-state index contributed by atoms with van der Waals surface area (Å²) in [6.07, 6.45) is 1.56. The van der Waals surface area contributed by atoms with Gasteiger partial charge < -0.3 is 4.74 Å². The minimum Gasteiger partial charge on any atom is -0.464 e. The summed E-state index contributed by atoms with van der Waals surface area (Å²) >= 11 is 1.58. The lowest BCUT2D eigenvalue weighted by Gasteiger charge is -2.14. The van der Waals surface area contributed by atoms with Crippen molar-refractivity contribution in [1.82, 2.24) is 20.0 Å². The van der Waals surface area contributed by atoms with Crippen molar-refractivity contribution >= 4 is 17.3 Å². The third-order valence-corrected chi connectivity index (χ3v) is 3.38. The van der Waals surface area contributed by atoms with Crippen molar-refractivity contribution < 1.29 is 9.53 Å². The fourth-order valence-electron chi connectivity index (χ4n) is 1.44. The Labute approximate surface area is 115 Å². The van der Waals surface area contributed by atoms with Gasteiger partial charge in [-0.2, -0.15) is 0 Å². The molecule has 0 unspecified atom stereocenters. The predicted octanol–water partition coefficient (Wildman–Crippen LogP) is 1.87. The number of hydrogen-bond acceptors (Lipinski definition) is 6. The standard InChI is InChI=1S/C12H16N4O2S/c1-12(2,3)9-7-19-10(13-9)6-16-5-8(14-15-16)11(17)18-4/h5,7H,6H2,1-4H3. The van der Waals surface area contributed by atoms with Crippen molar-refractivity contribution in [3.63, 3.8) is 0 Å². The third-order valence-electron chi connectivity index (χ3n) is 2.55. The van der Waals surface area contributed by atoms with E-state index in [0.29, 0.717) is 6.54 Å². The number of carbonyl (C=O) groups excluding carboxylic acids is 1. The van der Waals surface area contributed by atoms with E-state index in [0.717, 1.165) is 10.7 Å². The van der Waals surface area contributed by atoms with Gasteiger partial charge in [-0.05, 0) is 0 Å². The minimum absolute atomic E-state index is 0.0360. The Bertz CT molecular complexity index is 583. The van der Waals surface area contributed by atoms with Crippen molar-refractivity contribution in [3.05, 3.63) is 28.0 Å². The molecule has 0 N–H and O–H groups in total. The second-order valence-corrected chi connectivity index (χ2v) is 6.11. The Morgan fingerprint density at radius 1 is 1.47 bits per heavy atom. The van der Waals surface area contributed by atoms with Crippen LogP contribution in [-0.2, 0) is 16.7 Å². The summed E-state index contributed by atoms with van der Waals surface area (Å²) in [5.74, 6) is -0.485. The number of esters is 1. The maximum atomic E-state index is 11.3. The molecule has 19 heavy (non-hydrogen) atoms. The van der Waals surface area contributed by atoms with Gasteiger partial charge in [-0.1, -0.05) is 26.0 Å². The molecule has 0 saturated carbocycles. The van der Waals surface area contributed by atoms with E-state index >= 15 is 0 Å². The molecule has 0 atom stereocenters. The number of thiazole rings is 1. The van der Waals surface area contributed by atoms with Crippen LogP contribution in [-0.4, -0.2) is 33.1 Å². The van der Waals surface area contributed by atoms with Crippen molar-refractivity contribution in [2.45, 2.75) is 32.7 Å². The first-order valence-electron chi connectivity index (χ1n) is 5.83. The highest BCUT2D eigenvalue weighted by molar-refractivity contribution is 7.09. The summed E-state index contributed by atoms with van der Waals surface area (Å²) in [5, 5.41) is 10.6. The second-order valence-electron chi connectivity index (χ2n) is 5.17. The second kappa shape index (κ2) is 5.08. The van der Waals surface area contributed by atoms with E-state index in [4.69, 9.17) is 0 Å². The molecule has 0 aliphatic rings. The molecule has 0 amide bonds. The SMILES string of the molecule is COC(=O)c1cn(Cc2nc(C(C)(C)C)cs2)nn1. The first-order valence-corrected chi connectivity index (χ1v) is 6.71. The molecule has 0 aromatic carbocycles. The largest absolute Gasteiger partial charge is 0.464 e. The van der Waals surface area contributed by atoms with Crippen LogP contribution in [0, 0.1) is 0 Å². The molecule has 6 nitrogen and oxygen atoms in total. The van der Waals surface area contributed by atoms with E-state index in [1.807, 2.05) is 5.38 Å². The molecule has 2 aromatic rings. The average Bonchev–Trinajstić information content (AvgIpc) is 2.97. The van der Waals surface area contributed by atoms with Crippen LogP contribution < -0.4 is 0 Å². The molecule has 0 radical (unpaired) electrons. The maximum absolute atomic E-state index is 11.3. The summed E-state index contributed by atoms with van der Waals surface area (Å²) in [6.45, 7) is 6.87. The van der Waals surface area contributed by atoms with Gasteiger partial charge in [0, 0.05) is 10.8 Å². The quantitative estimate of drug-likeness (QED) is 0.803. The van der Waals surface area contributed by atoms with Crippen LogP contribution in [0.4, 0.5) is 0 Å². The zero-order chi connectivity index (χ0) is 14.0. The molecule has 0 saturated heterocycles. The molecular formula is C12H16N4O2S. The van der Waals surface area contributed by atoms with Crippen molar-refractivity contribution in [3.8, 4) is 0 Å². The molecule has 0 bridgehead atoms. The zero-order valence-electron chi connectivity index (χ0n) is 11.4. The molecule has 0 fully saturated rings. The number of ether oxygens (including phenoxy) is 1. The van der Waals surface area contributed by atoms with Crippen molar-refractivity contribution in [1.29, 1.82) is 0 Å². The Kier molecular flexibility index (Phi) is 3.66. The zero-order valence-corrected chi connectivity index (χ0v) is 12.2. The van der Waals surface area contributed by atoms with E-state index in [9.17, 15) is 4.79 Å². The van der Waals surface area contributed by atoms with Crippen LogP contribution in [0.1, 0.15) is 42.0 Å². The summed E-state index contributed by atoms with van der Waals surface area (Å²) < 4.78 is 6.16. The average molecular weight is 280 g/mol. The fraction of sp³-hybridized carbons (Fsp3) is 0.500. The van der Waals surface area contributed by atoms with Crippen LogP contribution in [0.25, 0.3) is 0 Å². The number of aromatic nitrogens is 4. The number of methoxy groups -OCH3 is 1. The number of hydrogen-bond donors (Lipinski definition) is 0. The monoisotopic (exact) mass is 280 g/mol. The molecule has 7 heteroatoms. The van der Waals surface area contributed by atoms with Crippen LogP contribution in [0.15, 0.2) is 11.6 Å². The molecule has 102 valence electrons. The fourth-order valence-corrected chi connectivity index (χ4v) is 2.45. The van der Waals surface area contributed by atoms with E-state index in [1.54, 1.807) is 22.2 Å². The summed E-state index contributed by atoms with van der Waals surface area (Å²) in [7, 11) is 1.32. The number of rotatable bonds is 3. The Hall–Kier alpha value is -1.76. The van der Waals surface area contributed by atoms with Crippen molar-refractivity contribution in [2.24, 2.45) is 0 Å². The lowest BCUT2D eigenvalue weighted by Crippen LogP contribution is -2.12. The molecule has 0 aliphatic carbocycles. The lowest BCUT2D eigenvalue weighted by molar-refractivity contribution is 0.0594. The van der Waals surface area contributed by atoms with Crippen LogP contribution in [0.2, 0.25) is 0 Å². The normalized spacial score (nSPS) is 11.6. The molecule has 2 heterocycles. The lowest BCUT2D eigenvalue weighted by atomic mass is 9.93. The summed E-state index contributed by atoms with van der Waals surface area (Å²) in [5.41, 5.74) is 1.30. The van der Waals surface area contributed by atoms with Gasteiger partial charge in [-0.25, -0.2) is 14.5 Å². The Morgan fingerprint density at radius 2 is 2.21 bits per heavy atom. The predicted molar refractivity (Wildman–Crippen MR) is 71.3 cm³/mol. The van der Waals surface area contributed by atoms with E-state index < -0.39 is 5.97 Å². The van der Waals surface area contributed by atoms with Gasteiger partial charge in [0.25, 0.3) is 0 Å². The highest BCUT2D eigenvalue weighted by atomic mass is 32.1. The summed E-state index contributed by atoms with van der Waals surface area (Å²) in [6, 6.07) is 0. The molecule has 2 aromatic heterocycles. The van der Waals surface area contributed by atoms with Gasteiger partial charge >= 0.3 is 5.97 Å². The highest BCUT2D eigenvalue weighted by Gasteiger charge is 2.18. The van der Waals surface area contributed by atoms with Gasteiger partial charge in [0.05, 0.1) is 25.5 Å². The van der Waals surface area contributed by atoms with Gasteiger partial charge in [0.2, 0.25) is 0 Å². The topological polar surface area (TPSA) is 69.9 Å². The van der Waals surface area contributed by atoms with Crippen LogP contribution in [0.3, 0.4) is 0 Å². The maximum Gasteiger partial charge on any atom is 0.360 e. The third kappa shape index (κ3) is 3.17. The number of nitrogens with zero attached hydrogens (tertiary/aromatic N) is 4. The minimum atomic E-state index is -0.485. The van der Waals surface area contributed by atoms with Crippen LogP contribution in [0.5, 0.6) is 0 Å². The first-order chi connectivity index (χ1) is 8.90. The van der Waals surface area contributed by atoms with E-state index in [1.165, 1.54) is 7.11 Å².